The third kappa shape index (κ3) is 1.18. The summed E-state index contributed by atoms with van der Waals surface area (Å²) in [6, 6.07) is 13.0. The fraction of sp³-hybridized carbons (Fsp3) is 0. The fourth-order valence-corrected chi connectivity index (χ4v) is 2.03. The Kier molecular flexibility index (Phi) is 1.74. The molecule has 0 saturated carbocycles. The summed E-state index contributed by atoms with van der Waals surface area (Å²) in [6.07, 6.45) is 0. The van der Waals surface area contributed by atoms with Gasteiger partial charge >= 0.3 is 0 Å². The molecule has 0 spiro atoms. The first-order chi connectivity index (χ1) is 7.75. The van der Waals surface area contributed by atoms with Gasteiger partial charge in [0.2, 0.25) is 0 Å². The number of pyridine rings is 1. The molecule has 78 valence electrons. The molecule has 3 heteroatoms. The van der Waals surface area contributed by atoms with E-state index in [1.807, 2.05) is 36.4 Å². The van der Waals surface area contributed by atoms with Crippen molar-refractivity contribution in [1.29, 1.82) is 0 Å². The average Bonchev–Trinajstić information content (AvgIpc) is 2.28. The summed E-state index contributed by atoms with van der Waals surface area (Å²) in [6.45, 7) is 0. The van der Waals surface area contributed by atoms with Crippen LogP contribution in [0.5, 0.6) is 5.88 Å². The van der Waals surface area contributed by atoms with E-state index in [0.717, 1.165) is 16.2 Å². The van der Waals surface area contributed by atoms with Crippen LogP contribution in [0, 0.1) is 0 Å². The maximum absolute atomic E-state index is 11.2. The highest BCUT2D eigenvalue weighted by molar-refractivity contribution is 6.09. The average molecular weight is 211 g/mol. The summed E-state index contributed by atoms with van der Waals surface area (Å²) in [7, 11) is 0. The molecule has 3 rings (SSSR count). The van der Waals surface area contributed by atoms with E-state index in [0.29, 0.717) is 5.39 Å². The number of rotatable bonds is 0. The maximum Gasteiger partial charge on any atom is 0.251 e. The molecule has 2 aromatic carbocycles. The van der Waals surface area contributed by atoms with Crippen molar-refractivity contribution < 1.29 is 5.11 Å². The second kappa shape index (κ2) is 3.10. The summed E-state index contributed by atoms with van der Waals surface area (Å²) in [5, 5.41) is 13.2. The Bertz CT molecular complexity index is 744. The molecule has 0 bridgehead atoms. The van der Waals surface area contributed by atoms with Gasteiger partial charge < -0.3 is 5.11 Å². The summed E-state index contributed by atoms with van der Waals surface area (Å²) in [5.41, 5.74) is -0.291. The van der Waals surface area contributed by atoms with E-state index < -0.39 is 0 Å². The molecule has 16 heavy (non-hydrogen) atoms. The third-order valence-corrected chi connectivity index (χ3v) is 2.73. The molecular weight excluding hydrogens is 202 g/mol. The summed E-state index contributed by atoms with van der Waals surface area (Å²) < 4.78 is 0. The van der Waals surface area contributed by atoms with Crippen molar-refractivity contribution in [3.05, 3.63) is 52.8 Å². The summed E-state index contributed by atoms with van der Waals surface area (Å²) in [4.78, 5) is 13.6. The standard InChI is InChI=1S/C13H9NO2/c15-11-7-9-6-5-8-3-1-2-4-10(8)12(9)13(16)14-11/h1-7H,(H2,14,15,16). The van der Waals surface area contributed by atoms with E-state index in [2.05, 4.69) is 4.98 Å². The van der Waals surface area contributed by atoms with Crippen LogP contribution < -0.4 is 5.56 Å². The van der Waals surface area contributed by atoms with Crippen molar-refractivity contribution >= 4 is 21.5 Å². The number of hydrogen-bond acceptors (Lipinski definition) is 2. The first kappa shape index (κ1) is 8.97. The van der Waals surface area contributed by atoms with Crippen LogP contribution in [0.1, 0.15) is 0 Å². The molecule has 0 unspecified atom stereocenters. The maximum atomic E-state index is 11.2. The highest BCUT2D eigenvalue weighted by Gasteiger charge is 2.05. The minimum Gasteiger partial charge on any atom is -0.494 e. The molecule has 0 aliphatic carbocycles. The lowest BCUT2D eigenvalue weighted by atomic mass is 10.0. The van der Waals surface area contributed by atoms with E-state index in [1.165, 1.54) is 6.07 Å². The molecule has 0 fully saturated rings. The Morgan fingerprint density at radius 1 is 1.00 bits per heavy atom. The van der Waals surface area contributed by atoms with Crippen molar-refractivity contribution in [3.8, 4) is 5.88 Å². The second-order valence-electron chi connectivity index (χ2n) is 3.73. The molecule has 0 aliphatic rings. The van der Waals surface area contributed by atoms with Gasteiger partial charge in [0.1, 0.15) is 0 Å². The lowest BCUT2D eigenvalue weighted by molar-refractivity contribution is 0.459. The first-order valence-corrected chi connectivity index (χ1v) is 4.99. The Balaban J connectivity index is 2.65. The number of H-pyrrole nitrogens is 1. The molecule has 0 aliphatic heterocycles. The molecule has 0 saturated heterocycles. The number of aromatic hydroxyl groups is 1. The molecule has 0 atom stereocenters. The minimum absolute atomic E-state index is 0.0701. The number of fused-ring (bicyclic) bond motifs is 3. The van der Waals surface area contributed by atoms with E-state index in [9.17, 15) is 9.90 Å². The monoisotopic (exact) mass is 211 g/mol. The van der Waals surface area contributed by atoms with Crippen LogP contribution in [0.3, 0.4) is 0 Å². The molecule has 0 radical (unpaired) electrons. The Morgan fingerprint density at radius 3 is 2.62 bits per heavy atom. The van der Waals surface area contributed by atoms with E-state index in [1.54, 1.807) is 0 Å². The van der Waals surface area contributed by atoms with E-state index in [4.69, 9.17) is 0 Å². The summed E-state index contributed by atoms with van der Waals surface area (Å²) in [5.74, 6) is -0.0701. The molecule has 2 N–H and O–H groups in total. The van der Waals surface area contributed by atoms with Gasteiger partial charge in [0.25, 0.3) is 5.56 Å². The van der Waals surface area contributed by atoms with Gasteiger partial charge in [-0.25, -0.2) is 0 Å². The van der Waals surface area contributed by atoms with Crippen LogP contribution in [0.25, 0.3) is 21.5 Å². The van der Waals surface area contributed by atoms with E-state index >= 15 is 0 Å². The van der Waals surface area contributed by atoms with Gasteiger partial charge in [-0.2, -0.15) is 0 Å². The molecular formula is C13H9NO2. The Hall–Kier alpha value is -2.29. The van der Waals surface area contributed by atoms with Gasteiger partial charge in [-0.05, 0) is 16.2 Å². The topological polar surface area (TPSA) is 53.1 Å². The highest BCUT2D eigenvalue weighted by Crippen LogP contribution is 2.29. The minimum atomic E-state index is -0.291. The second-order valence-corrected chi connectivity index (χ2v) is 3.73. The number of nitrogens with one attached hydrogen (secondary N) is 1. The highest BCUT2D eigenvalue weighted by atomic mass is 16.3. The third-order valence-electron chi connectivity index (χ3n) is 2.73. The fourth-order valence-electron chi connectivity index (χ4n) is 2.03. The van der Waals surface area contributed by atoms with Crippen LogP contribution in [0.15, 0.2) is 47.3 Å². The number of aromatic amines is 1. The molecule has 3 nitrogen and oxygen atoms in total. The quantitative estimate of drug-likeness (QED) is 0.561. The van der Waals surface area contributed by atoms with Crippen molar-refractivity contribution in [2.75, 3.05) is 0 Å². The van der Waals surface area contributed by atoms with Gasteiger partial charge in [-0.1, -0.05) is 36.4 Å². The lowest BCUT2D eigenvalue weighted by Crippen LogP contribution is -2.02. The zero-order chi connectivity index (χ0) is 11.1. The van der Waals surface area contributed by atoms with Crippen molar-refractivity contribution in [2.45, 2.75) is 0 Å². The van der Waals surface area contributed by atoms with Gasteiger partial charge in [0.15, 0.2) is 5.88 Å². The zero-order valence-electron chi connectivity index (χ0n) is 8.40. The van der Waals surface area contributed by atoms with Crippen LogP contribution in [0.4, 0.5) is 0 Å². The first-order valence-electron chi connectivity index (χ1n) is 4.99. The molecule has 0 amide bonds. The van der Waals surface area contributed by atoms with Crippen molar-refractivity contribution in [1.82, 2.24) is 4.98 Å². The number of aromatic nitrogens is 1. The van der Waals surface area contributed by atoms with Gasteiger partial charge in [0, 0.05) is 11.5 Å². The van der Waals surface area contributed by atoms with Crippen LogP contribution in [0.2, 0.25) is 0 Å². The largest absolute Gasteiger partial charge is 0.494 e. The van der Waals surface area contributed by atoms with Crippen molar-refractivity contribution in [2.24, 2.45) is 0 Å². The summed E-state index contributed by atoms with van der Waals surface area (Å²) >= 11 is 0. The van der Waals surface area contributed by atoms with Gasteiger partial charge in [0.05, 0.1) is 0 Å². The Morgan fingerprint density at radius 2 is 1.75 bits per heavy atom. The number of benzene rings is 2. The van der Waals surface area contributed by atoms with Crippen LogP contribution in [-0.4, -0.2) is 10.1 Å². The zero-order valence-corrected chi connectivity index (χ0v) is 8.40. The lowest BCUT2D eigenvalue weighted by Gasteiger charge is -2.04. The normalized spacial score (nSPS) is 11.0. The molecule has 1 aromatic heterocycles. The van der Waals surface area contributed by atoms with Crippen LogP contribution in [-0.2, 0) is 0 Å². The smallest absolute Gasteiger partial charge is 0.251 e. The Labute approximate surface area is 91.0 Å². The van der Waals surface area contributed by atoms with Gasteiger partial charge in [-0.3, -0.25) is 9.78 Å². The predicted octanol–water partition coefficient (Wildman–Crippen LogP) is 2.39. The molecule has 3 aromatic rings. The van der Waals surface area contributed by atoms with Gasteiger partial charge in [-0.15, -0.1) is 0 Å². The molecule has 1 heterocycles. The SMILES string of the molecule is O=c1cc2ccc3ccccc3c2c(O)[nH]1. The van der Waals surface area contributed by atoms with E-state index in [-0.39, 0.29) is 11.4 Å². The van der Waals surface area contributed by atoms with Crippen LogP contribution >= 0.6 is 0 Å². The van der Waals surface area contributed by atoms with Crippen molar-refractivity contribution in [3.63, 3.8) is 0 Å². The predicted molar refractivity (Wildman–Crippen MR) is 63.7 cm³/mol. The number of hydrogen-bond donors (Lipinski definition) is 2.